The topological polar surface area (TPSA) is 309 Å². The molecule has 678 valence electrons. The minimum absolute atomic E-state index is 0.0572. The van der Waals surface area contributed by atoms with Crippen molar-refractivity contribution in [3.8, 4) is 55.6 Å². The number of halogens is 19. The Bertz CT molecular complexity index is 6650. The summed E-state index contributed by atoms with van der Waals surface area (Å²) in [4.78, 5) is 95.3. The fraction of sp³-hybridized carbons (Fsp3) is 0.275. The van der Waals surface area contributed by atoms with Crippen LogP contribution in [0.1, 0.15) is 180 Å². The maximum absolute atomic E-state index is 17.8. The van der Waals surface area contributed by atoms with Gasteiger partial charge in [-0.3, -0.25) is 57.8 Å². The van der Waals surface area contributed by atoms with Crippen molar-refractivity contribution in [3.05, 3.63) is 294 Å². The van der Waals surface area contributed by atoms with Crippen LogP contribution in [0, 0.1) is 76.0 Å². The molecule has 9 N–H and O–H groups in total. The Morgan fingerprint density at radius 1 is 0.420 bits per heavy atom. The molecule has 6 aromatic heterocycles. The molecular weight excluding hydrogens is 1760 g/mol. The van der Waals surface area contributed by atoms with E-state index >= 15 is 57.1 Å². The third kappa shape index (κ3) is 17.2. The lowest BCUT2D eigenvalue weighted by Crippen LogP contribution is -2.35. The quantitative estimate of drug-likeness (QED) is 0.0238. The number of hydrogen-bond acceptors (Lipinski definition) is 12. The van der Waals surface area contributed by atoms with Crippen molar-refractivity contribution in [3.63, 3.8) is 0 Å². The molecule has 1 fully saturated rings. The normalized spacial score (nSPS) is 17.5. The van der Waals surface area contributed by atoms with Gasteiger partial charge in [-0.1, -0.05) is 45.0 Å². The lowest BCUT2D eigenvalue weighted by Gasteiger charge is -2.24. The third-order valence-corrected chi connectivity index (χ3v) is 24.1. The van der Waals surface area contributed by atoms with Crippen LogP contribution in [0.25, 0.3) is 55.6 Å². The molecule has 4 aliphatic carbocycles. The molecule has 40 heteroatoms. The molecule has 6 amide bonds. The van der Waals surface area contributed by atoms with E-state index < -0.39 is 307 Å². The van der Waals surface area contributed by atoms with E-state index in [2.05, 4.69) is 46.2 Å². The van der Waals surface area contributed by atoms with Gasteiger partial charge in [0, 0.05) is 92.6 Å². The molecule has 131 heavy (non-hydrogen) atoms. The van der Waals surface area contributed by atoms with E-state index in [0.29, 0.717) is 39.3 Å². The highest BCUT2D eigenvalue weighted by Gasteiger charge is 2.72. The fourth-order valence-corrected chi connectivity index (χ4v) is 18.3. The molecule has 4 aliphatic rings. The van der Waals surface area contributed by atoms with Crippen molar-refractivity contribution in [1.29, 1.82) is 0 Å². The average molecular weight is 1830 g/mol. The standard InChI is InChI=1S/C91H70F19N15O6/c1-36-13-55-67(14-36)123(120-79(55)84(101)102)33-68(126)117-64(76-49(5-4-12-114-76)42-6-9-57(94)52(25-42)87(111)129)23-40-18-60(97)72(61(98)19-40)46-29-51(44-8-11-59(96)54(27-44)89(113)131)78(116-32-46)66(119-69(127)34-124-82-56(80(121-124)85(103)104)15-37(2)90(82,107)108)24-41-20-62(99)73(63(100)21-41)45-28-50(43-7-10-58(95)53(26-43)88(112)130)77(115-31-45)65(22-39-16-47(92)30-48(93)17-39)118-70(128)35-125-83-74(81(122-125)86(105)106)71-38(3)75(71)91(83,109)110/h4-12,16-21,25-32,36-38,64-66,71,75,84-86H,13-15,22-24,33-35H2,1-3H3,(H2,111,129)(H2,112,130)(H2,113,131)(H,117,126)(H,118,128)(H,119,127)/t36-,37-,38+,64?,65-,66-,71+,75+/m0/s1. The van der Waals surface area contributed by atoms with E-state index in [0.717, 1.165) is 103 Å². The van der Waals surface area contributed by atoms with Crippen LogP contribution in [0.15, 0.2) is 140 Å². The molecule has 1 unspecified atom stereocenters. The molecule has 0 aliphatic heterocycles. The first-order valence-corrected chi connectivity index (χ1v) is 40.5. The molecular formula is C91H70F19N15O6. The molecule has 8 atom stereocenters. The summed E-state index contributed by atoms with van der Waals surface area (Å²) in [5.74, 6) is -31.6. The lowest BCUT2D eigenvalue weighted by atomic mass is 9.90. The van der Waals surface area contributed by atoms with Crippen LogP contribution in [0.5, 0.6) is 0 Å². The van der Waals surface area contributed by atoms with Crippen LogP contribution in [0.4, 0.5) is 83.4 Å². The predicted molar refractivity (Wildman–Crippen MR) is 429 cm³/mol. The van der Waals surface area contributed by atoms with E-state index in [4.69, 9.17) is 17.2 Å². The number of amides is 6. The summed E-state index contributed by atoms with van der Waals surface area (Å²) in [6.07, 6.45) is -9.30. The number of rotatable bonds is 29. The number of nitrogens with two attached hydrogens (primary N) is 3. The Hall–Kier alpha value is -14.1. The third-order valence-electron chi connectivity index (χ3n) is 24.1. The Balaban J connectivity index is 0.792. The van der Waals surface area contributed by atoms with Gasteiger partial charge in [-0.2, -0.15) is 32.9 Å². The molecule has 6 aromatic carbocycles. The summed E-state index contributed by atoms with van der Waals surface area (Å²) >= 11 is 0. The van der Waals surface area contributed by atoms with Crippen LogP contribution in [0.2, 0.25) is 0 Å². The van der Waals surface area contributed by atoms with E-state index in [1.165, 1.54) is 31.3 Å². The summed E-state index contributed by atoms with van der Waals surface area (Å²) in [6.45, 7) is 1.11. The zero-order valence-electron chi connectivity index (χ0n) is 68.4. The number of nitrogens with zero attached hydrogens (tertiary/aromatic N) is 9. The predicted octanol–water partition coefficient (Wildman–Crippen LogP) is 16.9. The Morgan fingerprint density at radius 3 is 1.26 bits per heavy atom. The lowest BCUT2D eigenvalue weighted by molar-refractivity contribution is -0.123. The maximum Gasteiger partial charge on any atom is 0.293 e. The molecule has 16 rings (SSSR count). The number of benzene rings is 6. The fourth-order valence-electron chi connectivity index (χ4n) is 18.3. The zero-order chi connectivity index (χ0) is 93.9. The molecule has 21 nitrogen and oxygen atoms in total. The van der Waals surface area contributed by atoms with Gasteiger partial charge in [0.2, 0.25) is 17.7 Å². The number of primary amides is 3. The van der Waals surface area contributed by atoms with Crippen LogP contribution in [-0.2, 0) is 84.4 Å². The molecule has 1 saturated carbocycles. The monoisotopic (exact) mass is 1830 g/mol. The van der Waals surface area contributed by atoms with Gasteiger partial charge in [-0.05, 0) is 175 Å². The van der Waals surface area contributed by atoms with Crippen LogP contribution in [0.3, 0.4) is 0 Å². The minimum atomic E-state index is -3.89. The molecule has 0 saturated heterocycles. The first kappa shape index (κ1) is 90.2. The van der Waals surface area contributed by atoms with Gasteiger partial charge in [-0.25, -0.2) is 65.9 Å². The van der Waals surface area contributed by atoms with Crippen molar-refractivity contribution in [2.45, 2.75) is 134 Å². The van der Waals surface area contributed by atoms with Crippen molar-refractivity contribution >= 4 is 35.4 Å². The van der Waals surface area contributed by atoms with Crippen LogP contribution < -0.4 is 33.2 Å². The number of pyridine rings is 3. The van der Waals surface area contributed by atoms with E-state index in [1.807, 2.05) is 6.92 Å². The first-order valence-electron chi connectivity index (χ1n) is 40.5. The Morgan fingerprint density at radius 2 is 0.817 bits per heavy atom. The van der Waals surface area contributed by atoms with Gasteiger partial charge in [0.25, 0.3) is 48.8 Å². The summed E-state index contributed by atoms with van der Waals surface area (Å²) in [5, 5.41) is 19.2. The zero-order valence-corrected chi connectivity index (χ0v) is 68.4. The summed E-state index contributed by atoms with van der Waals surface area (Å²) < 4.78 is 301. The molecule has 6 heterocycles. The van der Waals surface area contributed by atoms with Gasteiger partial charge in [0.05, 0.1) is 63.0 Å². The number of carbonyl (C=O) groups is 6. The highest BCUT2D eigenvalue weighted by Crippen LogP contribution is 2.71. The molecule has 0 spiro atoms. The summed E-state index contributed by atoms with van der Waals surface area (Å²) in [6, 6.07) is 13.2. The van der Waals surface area contributed by atoms with Crippen molar-refractivity contribution in [1.82, 2.24) is 60.2 Å². The molecule has 12 aromatic rings. The second-order valence-corrected chi connectivity index (χ2v) is 32.9. The van der Waals surface area contributed by atoms with Gasteiger partial charge in [-0.15, -0.1) is 0 Å². The number of carbonyl (C=O) groups excluding carboxylic acids is 6. The van der Waals surface area contributed by atoms with Crippen molar-refractivity contribution in [2.75, 3.05) is 0 Å². The number of alkyl halides is 10. The largest absolute Gasteiger partial charge is 0.366 e. The van der Waals surface area contributed by atoms with Crippen molar-refractivity contribution < 1.29 is 112 Å². The second kappa shape index (κ2) is 34.7. The van der Waals surface area contributed by atoms with E-state index in [-0.39, 0.29) is 69.0 Å². The minimum Gasteiger partial charge on any atom is -0.366 e. The smallest absolute Gasteiger partial charge is 0.293 e. The summed E-state index contributed by atoms with van der Waals surface area (Å²) in [7, 11) is 0. The Labute approximate surface area is 729 Å². The van der Waals surface area contributed by atoms with Gasteiger partial charge < -0.3 is 33.2 Å². The van der Waals surface area contributed by atoms with Gasteiger partial charge >= 0.3 is 0 Å². The SMILES string of the molecule is C[C@H]1Cc2c(C(F)F)nn(CC(=O)NC(Cc3cc(F)c(-c4cnc([C@H](Cc5cc(F)c(-c6cnc([C@H](Cc7cc(F)cc(F)c7)NC(=O)Cn7nc(C(F)F)c8c7C(F)(F)[C@@H]7[C@H](C)[C@H]87)c(-c7ccc(F)c(C(N)=O)c7)c6)c(F)c5)NC(=O)Cn5nc(C(F)F)c6c5C(F)(F)[C@@H](C)C6)c(-c5ccc(F)c(C(N)=O)c5)c4)c(F)c3)c3ncccc3-c3ccc(F)c(C(N)=O)c3)c2C1. The number of fused-ring (bicyclic) bond motifs is 5. The summed E-state index contributed by atoms with van der Waals surface area (Å²) in [5.41, 5.74) is 3.30. The molecule has 0 radical (unpaired) electrons. The second-order valence-electron chi connectivity index (χ2n) is 32.9. The first-order chi connectivity index (χ1) is 62.0. The number of aromatic nitrogens is 9. The molecule has 0 bridgehead atoms. The van der Waals surface area contributed by atoms with E-state index in [1.54, 1.807) is 0 Å². The Kier molecular flexibility index (Phi) is 23.9. The van der Waals surface area contributed by atoms with Crippen LogP contribution in [-0.4, -0.2) is 79.7 Å². The van der Waals surface area contributed by atoms with Crippen LogP contribution >= 0.6 is 0 Å². The number of hydrogen-bond donors (Lipinski definition) is 6. The highest BCUT2D eigenvalue weighted by molar-refractivity contribution is 5.96. The number of nitrogens with one attached hydrogen (secondary N) is 3. The van der Waals surface area contributed by atoms with Gasteiger partial charge in [0.1, 0.15) is 100 Å². The average Bonchev–Trinajstić information content (AvgIpc) is 1.50. The van der Waals surface area contributed by atoms with Gasteiger partial charge in [0.15, 0.2) is 0 Å². The highest BCUT2D eigenvalue weighted by atomic mass is 19.3. The maximum atomic E-state index is 17.8. The van der Waals surface area contributed by atoms with E-state index in [9.17, 15) is 55.1 Å². The van der Waals surface area contributed by atoms with Crippen molar-refractivity contribution in [2.24, 2.45) is 40.9 Å².